The Balaban J connectivity index is 0.000000233. The van der Waals surface area contributed by atoms with Crippen LogP contribution in [0.2, 0.25) is 10.0 Å². The molecule has 0 radical (unpaired) electrons. The third-order valence-electron chi connectivity index (χ3n) is 9.31. The standard InChI is InChI=1S/C23H25Cl2NO2.C9H15NO/c24-20-13-18(28-16-17-7-3-1-4-8-17)14-21(25)19(20)15-26-12-11-23(22(26)27)9-5-2-6-10-23;11-8-9(6-7-10-8)4-2-1-3-5-9/h1,3-4,7-8,13-14H,2,5-6,9-12,15-16H2;1-7H2,(H,10,11). The molecule has 5 nitrogen and oxygen atoms in total. The average molecular weight is 572 g/mol. The van der Waals surface area contributed by atoms with Crippen molar-refractivity contribution in [1.29, 1.82) is 0 Å². The highest BCUT2D eigenvalue weighted by Gasteiger charge is 2.47. The van der Waals surface area contributed by atoms with Crippen LogP contribution in [0.5, 0.6) is 5.75 Å². The quantitative estimate of drug-likeness (QED) is 0.400. The minimum absolute atomic E-state index is 0.0816. The highest BCUT2D eigenvalue weighted by atomic mass is 35.5. The molecule has 2 aliphatic carbocycles. The maximum absolute atomic E-state index is 13.1. The Morgan fingerprint density at radius 2 is 1.41 bits per heavy atom. The smallest absolute Gasteiger partial charge is 0.229 e. The second-order valence-corrected chi connectivity index (χ2v) is 12.6. The van der Waals surface area contributed by atoms with Crippen molar-refractivity contribution in [2.75, 3.05) is 13.1 Å². The van der Waals surface area contributed by atoms with Gasteiger partial charge in [0, 0.05) is 25.2 Å². The van der Waals surface area contributed by atoms with Gasteiger partial charge in [-0.3, -0.25) is 9.59 Å². The molecule has 2 aromatic carbocycles. The van der Waals surface area contributed by atoms with Gasteiger partial charge in [0.1, 0.15) is 12.4 Å². The van der Waals surface area contributed by atoms with Crippen molar-refractivity contribution in [3.63, 3.8) is 0 Å². The molecular formula is C32H40Cl2N2O3. The summed E-state index contributed by atoms with van der Waals surface area (Å²) in [6.45, 7) is 2.63. The monoisotopic (exact) mass is 570 g/mol. The van der Waals surface area contributed by atoms with Gasteiger partial charge < -0.3 is 15.0 Å². The predicted molar refractivity (Wildman–Crippen MR) is 156 cm³/mol. The van der Waals surface area contributed by atoms with Crippen molar-refractivity contribution >= 4 is 35.0 Å². The Labute approximate surface area is 242 Å². The number of rotatable bonds is 5. The average Bonchev–Trinajstić information content (AvgIpc) is 3.45. The summed E-state index contributed by atoms with van der Waals surface area (Å²) in [7, 11) is 0. The Morgan fingerprint density at radius 1 is 0.795 bits per heavy atom. The Kier molecular flexibility index (Phi) is 9.08. The van der Waals surface area contributed by atoms with Gasteiger partial charge in [-0.1, -0.05) is 92.1 Å². The van der Waals surface area contributed by atoms with Crippen LogP contribution in [0, 0.1) is 10.8 Å². The highest BCUT2D eigenvalue weighted by Crippen LogP contribution is 2.46. The van der Waals surface area contributed by atoms with E-state index in [1.165, 1.54) is 25.7 Å². The fourth-order valence-corrected chi connectivity index (χ4v) is 7.49. The van der Waals surface area contributed by atoms with E-state index in [0.29, 0.717) is 34.9 Å². The molecule has 0 bridgehead atoms. The predicted octanol–water partition coefficient (Wildman–Crippen LogP) is 7.71. The van der Waals surface area contributed by atoms with E-state index in [2.05, 4.69) is 5.32 Å². The topological polar surface area (TPSA) is 58.6 Å². The molecule has 39 heavy (non-hydrogen) atoms. The third-order valence-corrected chi connectivity index (χ3v) is 9.98. The van der Waals surface area contributed by atoms with Gasteiger partial charge in [0.15, 0.2) is 0 Å². The molecule has 4 fully saturated rings. The van der Waals surface area contributed by atoms with Gasteiger partial charge in [-0.05, 0) is 56.2 Å². The molecule has 2 saturated heterocycles. The van der Waals surface area contributed by atoms with E-state index in [-0.39, 0.29) is 16.7 Å². The summed E-state index contributed by atoms with van der Waals surface area (Å²) >= 11 is 13.0. The lowest BCUT2D eigenvalue weighted by atomic mass is 9.73. The molecule has 1 N–H and O–H groups in total. The zero-order valence-corrected chi connectivity index (χ0v) is 24.3. The molecule has 2 heterocycles. The summed E-state index contributed by atoms with van der Waals surface area (Å²) in [4.78, 5) is 26.4. The summed E-state index contributed by atoms with van der Waals surface area (Å²) in [6, 6.07) is 13.5. The maximum Gasteiger partial charge on any atom is 0.229 e. The minimum atomic E-state index is -0.129. The number of likely N-dealkylation sites (tertiary alicyclic amines) is 1. The summed E-state index contributed by atoms with van der Waals surface area (Å²) in [5, 5.41) is 4.04. The second-order valence-electron chi connectivity index (χ2n) is 11.8. The van der Waals surface area contributed by atoms with Crippen molar-refractivity contribution in [3.05, 3.63) is 63.6 Å². The lowest BCUT2D eigenvalue weighted by Crippen LogP contribution is -2.35. The first-order valence-electron chi connectivity index (χ1n) is 14.6. The molecule has 2 saturated carbocycles. The SMILES string of the molecule is O=C1N(Cc2c(Cl)cc(OCc3ccccc3)cc2Cl)CCC12CCCCC2.O=C1NCCC12CCCCC2. The second kappa shape index (κ2) is 12.5. The van der Waals surface area contributed by atoms with Crippen LogP contribution in [-0.2, 0) is 22.7 Å². The minimum Gasteiger partial charge on any atom is -0.489 e. The Hall–Kier alpha value is -2.24. The van der Waals surface area contributed by atoms with Crippen molar-refractivity contribution in [1.82, 2.24) is 10.2 Å². The van der Waals surface area contributed by atoms with Crippen LogP contribution in [0.15, 0.2) is 42.5 Å². The van der Waals surface area contributed by atoms with Crippen LogP contribution in [-0.4, -0.2) is 29.8 Å². The molecular weight excluding hydrogens is 531 g/mol. The van der Waals surface area contributed by atoms with Crippen LogP contribution < -0.4 is 10.1 Å². The third kappa shape index (κ3) is 6.41. The van der Waals surface area contributed by atoms with E-state index in [1.54, 1.807) is 12.1 Å². The first-order valence-corrected chi connectivity index (χ1v) is 15.4. The van der Waals surface area contributed by atoms with Crippen molar-refractivity contribution in [3.8, 4) is 5.75 Å². The molecule has 2 aromatic rings. The summed E-state index contributed by atoms with van der Waals surface area (Å²) in [5.41, 5.74) is 1.84. The van der Waals surface area contributed by atoms with Gasteiger partial charge in [0.25, 0.3) is 0 Å². The number of hydrogen-bond donors (Lipinski definition) is 1. The van der Waals surface area contributed by atoms with Crippen LogP contribution in [0.4, 0.5) is 0 Å². The van der Waals surface area contributed by atoms with E-state index < -0.39 is 0 Å². The Morgan fingerprint density at radius 3 is 2.00 bits per heavy atom. The summed E-state index contributed by atoms with van der Waals surface area (Å²) in [5.74, 6) is 1.25. The molecule has 0 atom stereocenters. The number of carbonyl (C=O) groups excluding carboxylic acids is 2. The maximum atomic E-state index is 13.1. The van der Waals surface area contributed by atoms with Gasteiger partial charge in [0.2, 0.25) is 11.8 Å². The van der Waals surface area contributed by atoms with E-state index >= 15 is 0 Å². The molecule has 7 heteroatoms. The fraction of sp³-hybridized carbons (Fsp3) is 0.562. The first-order chi connectivity index (χ1) is 18.9. The van der Waals surface area contributed by atoms with Crippen molar-refractivity contribution in [2.45, 2.75) is 90.2 Å². The molecule has 2 spiro atoms. The molecule has 0 aromatic heterocycles. The Bertz CT molecular complexity index is 1130. The van der Waals surface area contributed by atoms with Gasteiger partial charge in [-0.25, -0.2) is 0 Å². The molecule has 210 valence electrons. The van der Waals surface area contributed by atoms with Gasteiger partial charge in [0.05, 0.1) is 20.9 Å². The normalized spacial score (nSPS) is 21.5. The number of nitrogens with one attached hydrogen (secondary N) is 1. The van der Waals surface area contributed by atoms with E-state index in [1.807, 2.05) is 35.2 Å². The zero-order chi connectivity index (χ0) is 27.3. The lowest BCUT2D eigenvalue weighted by molar-refractivity contribution is -0.138. The fourth-order valence-electron chi connectivity index (χ4n) is 6.90. The van der Waals surface area contributed by atoms with E-state index in [0.717, 1.165) is 75.6 Å². The lowest BCUT2D eigenvalue weighted by Gasteiger charge is -2.31. The summed E-state index contributed by atoms with van der Waals surface area (Å²) < 4.78 is 5.84. The van der Waals surface area contributed by atoms with Crippen LogP contribution in [0.1, 0.15) is 88.2 Å². The number of carbonyl (C=O) groups is 2. The van der Waals surface area contributed by atoms with Gasteiger partial charge in [-0.15, -0.1) is 0 Å². The van der Waals surface area contributed by atoms with Crippen molar-refractivity contribution < 1.29 is 14.3 Å². The number of ether oxygens (including phenoxy) is 1. The van der Waals surface area contributed by atoms with E-state index in [9.17, 15) is 9.59 Å². The van der Waals surface area contributed by atoms with Gasteiger partial charge in [-0.2, -0.15) is 0 Å². The summed E-state index contributed by atoms with van der Waals surface area (Å²) in [6.07, 6.45) is 13.8. The van der Waals surface area contributed by atoms with Crippen LogP contribution in [0.3, 0.4) is 0 Å². The van der Waals surface area contributed by atoms with Crippen LogP contribution >= 0.6 is 23.2 Å². The molecule has 2 aliphatic heterocycles. The number of benzene rings is 2. The number of halogens is 2. The zero-order valence-electron chi connectivity index (χ0n) is 22.8. The highest BCUT2D eigenvalue weighted by molar-refractivity contribution is 6.36. The number of nitrogens with zero attached hydrogens (tertiary/aromatic N) is 1. The number of amides is 2. The molecule has 4 aliphatic rings. The molecule has 6 rings (SSSR count). The van der Waals surface area contributed by atoms with E-state index in [4.69, 9.17) is 27.9 Å². The van der Waals surface area contributed by atoms with Crippen LogP contribution in [0.25, 0.3) is 0 Å². The van der Waals surface area contributed by atoms with Gasteiger partial charge >= 0.3 is 0 Å². The number of hydrogen-bond acceptors (Lipinski definition) is 3. The molecule has 2 amide bonds. The van der Waals surface area contributed by atoms with Crippen molar-refractivity contribution in [2.24, 2.45) is 10.8 Å². The largest absolute Gasteiger partial charge is 0.489 e. The first kappa shape index (κ1) is 28.3. The molecule has 0 unspecified atom stereocenters.